The van der Waals surface area contributed by atoms with E-state index in [2.05, 4.69) is 31.2 Å². The highest BCUT2D eigenvalue weighted by molar-refractivity contribution is 7.80. The molecule has 0 spiro atoms. The summed E-state index contributed by atoms with van der Waals surface area (Å²) in [5, 5.41) is 16.8. The summed E-state index contributed by atoms with van der Waals surface area (Å²) in [5.74, 6) is 0.594. The van der Waals surface area contributed by atoms with Crippen molar-refractivity contribution in [2.75, 3.05) is 16.8 Å². The number of aromatic nitrogens is 2. The number of rotatable bonds is 8. The Hall–Kier alpha value is -5.15. The van der Waals surface area contributed by atoms with Crippen LogP contribution in [-0.2, 0) is 4.79 Å². The van der Waals surface area contributed by atoms with Crippen molar-refractivity contribution in [2.45, 2.75) is 12.1 Å². The van der Waals surface area contributed by atoms with Gasteiger partial charge in [-0.1, -0.05) is 24.3 Å². The van der Waals surface area contributed by atoms with E-state index in [0.717, 1.165) is 22.8 Å². The van der Waals surface area contributed by atoms with Crippen LogP contribution in [0, 0.1) is 0 Å². The Morgan fingerprint density at radius 3 is 2.37 bits per heavy atom. The van der Waals surface area contributed by atoms with Gasteiger partial charge in [-0.3, -0.25) is 9.78 Å². The lowest BCUT2D eigenvalue weighted by molar-refractivity contribution is -0.118. The molecule has 3 aromatic carbocycles. The number of amides is 1. The molecule has 1 amide bonds. The molecule has 1 fully saturated rings. The number of pyridine rings is 1. The molecule has 9 heteroatoms. The quantitative estimate of drug-likeness (QED) is 0.207. The number of carbonyl (C=O) groups is 1. The minimum Gasteiger partial charge on any atom is -0.508 e. The first kappa shape index (κ1) is 26.1. The highest BCUT2D eigenvalue weighted by Crippen LogP contribution is 2.42. The molecule has 3 N–H and O–H groups in total. The van der Waals surface area contributed by atoms with E-state index in [9.17, 15) is 9.90 Å². The minimum absolute atomic E-state index is 0.0893. The summed E-state index contributed by atoms with van der Waals surface area (Å²) in [6, 6.07) is 33.3. The number of phenolic OH excluding ortho intramolecular Hbond substituents is 1. The normalized spacial score (nSPS) is 16.3. The Kier molecular flexibility index (Phi) is 7.34. The van der Waals surface area contributed by atoms with Crippen molar-refractivity contribution in [3.63, 3.8) is 0 Å². The van der Waals surface area contributed by atoms with E-state index in [0.29, 0.717) is 16.5 Å². The number of nitrogens with zero attached hydrogens (tertiary/aromatic N) is 3. The zero-order valence-corrected chi connectivity index (χ0v) is 22.7. The van der Waals surface area contributed by atoms with Crippen LogP contribution in [0.1, 0.15) is 23.5 Å². The molecule has 8 nitrogen and oxygen atoms in total. The van der Waals surface area contributed by atoms with Crippen LogP contribution in [0.3, 0.4) is 0 Å². The second-order valence-electron chi connectivity index (χ2n) is 9.51. The lowest BCUT2D eigenvalue weighted by Crippen LogP contribution is -2.30. The summed E-state index contributed by atoms with van der Waals surface area (Å²) in [7, 11) is 0. The van der Waals surface area contributed by atoms with Gasteiger partial charge in [0.2, 0.25) is 0 Å². The van der Waals surface area contributed by atoms with E-state index in [-0.39, 0.29) is 30.3 Å². The maximum absolute atomic E-state index is 12.5. The van der Waals surface area contributed by atoms with Gasteiger partial charge in [0, 0.05) is 35.1 Å². The van der Waals surface area contributed by atoms with E-state index in [4.69, 9.17) is 17.0 Å². The van der Waals surface area contributed by atoms with Crippen LogP contribution in [0.5, 0.6) is 11.5 Å². The van der Waals surface area contributed by atoms with Gasteiger partial charge >= 0.3 is 0 Å². The molecule has 5 aromatic rings. The molecule has 0 aliphatic carbocycles. The van der Waals surface area contributed by atoms with Crippen molar-refractivity contribution in [2.24, 2.45) is 0 Å². The Morgan fingerprint density at radius 1 is 0.902 bits per heavy atom. The predicted molar refractivity (Wildman–Crippen MR) is 162 cm³/mol. The van der Waals surface area contributed by atoms with Crippen molar-refractivity contribution in [1.29, 1.82) is 0 Å². The van der Waals surface area contributed by atoms with E-state index >= 15 is 0 Å². The average molecular weight is 562 g/mol. The number of aromatic hydroxyl groups is 1. The lowest BCUT2D eigenvalue weighted by Gasteiger charge is -2.29. The molecule has 0 bridgehead atoms. The number of hydrogen-bond acceptors (Lipinski definition) is 5. The Balaban J connectivity index is 1.28. The highest BCUT2D eigenvalue weighted by Gasteiger charge is 2.42. The van der Waals surface area contributed by atoms with E-state index < -0.39 is 0 Å². The van der Waals surface area contributed by atoms with Gasteiger partial charge in [-0.15, -0.1) is 0 Å². The van der Waals surface area contributed by atoms with Gasteiger partial charge in [0.15, 0.2) is 11.7 Å². The second-order valence-corrected chi connectivity index (χ2v) is 9.90. The molecule has 1 saturated heterocycles. The molecule has 0 unspecified atom stereocenters. The Morgan fingerprint density at radius 2 is 1.63 bits per heavy atom. The highest BCUT2D eigenvalue weighted by atomic mass is 32.1. The summed E-state index contributed by atoms with van der Waals surface area (Å²) in [5.41, 5.74) is 4.29. The van der Waals surface area contributed by atoms with Gasteiger partial charge in [0.05, 0.1) is 11.7 Å². The monoisotopic (exact) mass is 561 g/mol. The summed E-state index contributed by atoms with van der Waals surface area (Å²) in [4.78, 5) is 19.2. The largest absolute Gasteiger partial charge is 0.508 e. The SMILES string of the molecule is O=C(COc1ccccc1)Nc1ccc(N2C(=S)N[C@H](c3ccccn3)[C@H]2c2cccn2-c2ccc(O)cc2)cc1. The number of para-hydroxylation sites is 1. The molecule has 2 atom stereocenters. The summed E-state index contributed by atoms with van der Waals surface area (Å²) in [6.07, 6.45) is 3.77. The van der Waals surface area contributed by atoms with E-state index in [1.54, 1.807) is 18.3 Å². The van der Waals surface area contributed by atoms with E-state index in [1.165, 1.54) is 0 Å². The number of hydrogen-bond donors (Lipinski definition) is 3. The van der Waals surface area contributed by atoms with Gasteiger partial charge in [0.1, 0.15) is 17.5 Å². The van der Waals surface area contributed by atoms with Gasteiger partial charge < -0.3 is 29.9 Å². The van der Waals surface area contributed by atoms with E-state index in [1.807, 2.05) is 97.2 Å². The fraction of sp³-hybridized carbons (Fsp3) is 0.0938. The molecule has 1 aliphatic heterocycles. The summed E-state index contributed by atoms with van der Waals surface area (Å²) >= 11 is 5.87. The van der Waals surface area contributed by atoms with Crippen molar-refractivity contribution in [3.05, 3.63) is 133 Å². The molecule has 1 aliphatic rings. The smallest absolute Gasteiger partial charge is 0.262 e. The van der Waals surface area contributed by atoms with Gasteiger partial charge in [-0.25, -0.2) is 0 Å². The summed E-state index contributed by atoms with van der Waals surface area (Å²) < 4.78 is 7.64. The first-order valence-corrected chi connectivity index (χ1v) is 13.5. The zero-order valence-electron chi connectivity index (χ0n) is 21.9. The molecule has 41 heavy (non-hydrogen) atoms. The van der Waals surface area contributed by atoms with Crippen molar-refractivity contribution >= 4 is 34.6 Å². The molecule has 2 aromatic heterocycles. The first-order valence-electron chi connectivity index (χ1n) is 13.1. The van der Waals surface area contributed by atoms with Crippen LogP contribution in [0.2, 0.25) is 0 Å². The number of benzene rings is 3. The third-order valence-electron chi connectivity index (χ3n) is 6.85. The van der Waals surface area contributed by atoms with Gasteiger partial charge in [0.25, 0.3) is 5.91 Å². The number of thiocarbonyl (C=S) groups is 1. The number of ether oxygens (including phenoxy) is 1. The lowest BCUT2D eigenvalue weighted by atomic mass is 10.0. The summed E-state index contributed by atoms with van der Waals surface area (Å²) in [6.45, 7) is -0.0893. The fourth-order valence-corrected chi connectivity index (χ4v) is 5.33. The number of phenols is 1. The maximum Gasteiger partial charge on any atom is 0.262 e. The third-order valence-corrected chi connectivity index (χ3v) is 7.17. The number of nitrogens with one attached hydrogen (secondary N) is 2. The zero-order chi connectivity index (χ0) is 28.2. The predicted octanol–water partition coefficient (Wildman–Crippen LogP) is 5.77. The molecular formula is C32H27N5O3S. The number of carbonyl (C=O) groups excluding carboxylic acids is 1. The van der Waals surface area contributed by atoms with Crippen molar-refractivity contribution < 1.29 is 14.6 Å². The van der Waals surface area contributed by atoms with Crippen molar-refractivity contribution in [1.82, 2.24) is 14.9 Å². The Labute approximate surface area is 242 Å². The number of anilines is 2. The van der Waals surface area contributed by atoms with Crippen molar-refractivity contribution in [3.8, 4) is 17.2 Å². The third kappa shape index (κ3) is 5.61. The van der Waals surface area contributed by atoms with Crippen LogP contribution in [0.15, 0.2) is 122 Å². The van der Waals surface area contributed by atoms with Gasteiger partial charge in [-0.2, -0.15) is 0 Å². The van der Waals surface area contributed by atoms with Crippen LogP contribution >= 0.6 is 12.2 Å². The fourth-order valence-electron chi connectivity index (χ4n) is 4.98. The van der Waals surface area contributed by atoms with Crippen LogP contribution in [-0.4, -0.2) is 32.3 Å². The standard InChI is InChI=1S/C32H27N5O3S/c38-25-17-15-23(16-18-25)36-20-6-10-28(36)31-30(27-9-4-5-19-33-27)35-32(41)37(31)24-13-11-22(12-14-24)34-29(39)21-40-26-7-2-1-3-8-26/h1-20,30-31,38H,21H2,(H,34,39)(H,35,41)/t30-,31-/m1/s1. The van der Waals surface area contributed by atoms with Crippen LogP contribution in [0.4, 0.5) is 11.4 Å². The Bertz CT molecular complexity index is 1640. The van der Waals surface area contributed by atoms with Gasteiger partial charge in [-0.05, 0) is 97.1 Å². The second kappa shape index (κ2) is 11.5. The first-order chi connectivity index (χ1) is 20.1. The topological polar surface area (TPSA) is 91.7 Å². The molecular weight excluding hydrogens is 534 g/mol. The van der Waals surface area contributed by atoms with Crippen LogP contribution in [0.25, 0.3) is 5.69 Å². The minimum atomic E-state index is -0.250. The average Bonchev–Trinajstić information content (AvgIpc) is 3.62. The van der Waals surface area contributed by atoms with Crippen LogP contribution < -0.4 is 20.3 Å². The molecule has 204 valence electrons. The molecule has 6 rings (SSSR count). The molecule has 0 radical (unpaired) electrons. The molecule has 0 saturated carbocycles. The molecule has 3 heterocycles. The maximum atomic E-state index is 12.5.